The van der Waals surface area contributed by atoms with E-state index in [9.17, 15) is 14.9 Å². The summed E-state index contributed by atoms with van der Waals surface area (Å²) in [6.45, 7) is 8.16. The summed E-state index contributed by atoms with van der Waals surface area (Å²) in [7, 11) is 1.80. The normalized spacial score (nSPS) is 17.8. The number of rotatable bonds is 2. The number of urea groups is 1. The van der Waals surface area contributed by atoms with Crippen molar-refractivity contribution < 1.29 is 14.3 Å². The van der Waals surface area contributed by atoms with Gasteiger partial charge in [0.15, 0.2) is 0 Å². The number of amides is 3. The molecular formula is C28H32N8O3. The van der Waals surface area contributed by atoms with Gasteiger partial charge >= 0.3 is 12.1 Å². The zero-order valence-corrected chi connectivity index (χ0v) is 22.7. The lowest BCUT2D eigenvalue weighted by Crippen LogP contribution is -2.58. The molecular weight excluding hydrogens is 496 g/mol. The fourth-order valence-electron chi connectivity index (χ4n) is 5.74. The van der Waals surface area contributed by atoms with E-state index >= 15 is 0 Å². The van der Waals surface area contributed by atoms with Gasteiger partial charge in [0.05, 0.1) is 22.3 Å². The van der Waals surface area contributed by atoms with E-state index in [1.54, 1.807) is 41.2 Å². The van der Waals surface area contributed by atoms with E-state index in [0.717, 1.165) is 30.6 Å². The van der Waals surface area contributed by atoms with Crippen LogP contribution in [0.5, 0.6) is 0 Å². The summed E-state index contributed by atoms with van der Waals surface area (Å²) in [6.07, 6.45) is 5.85. The molecule has 39 heavy (non-hydrogen) atoms. The Kier molecular flexibility index (Phi) is 5.68. The van der Waals surface area contributed by atoms with Crippen LogP contribution in [0, 0.1) is 11.3 Å². The first-order valence-corrected chi connectivity index (χ1v) is 13.3. The number of nitrogens with one attached hydrogen (secondary N) is 1. The number of carbonyl (C=O) groups excluding carboxylic acids is 2. The van der Waals surface area contributed by atoms with Crippen LogP contribution in [-0.2, 0) is 18.2 Å². The number of nitriles is 1. The lowest BCUT2D eigenvalue weighted by atomic mass is 10.1. The molecule has 1 N–H and O–H groups in total. The highest BCUT2D eigenvalue weighted by molar-refractivity contribution is 6.05. The molecule has 1 saturated heterocycles. The Labute approximate surface area is 226 Å². The number of fused-ring (bicyclic) bond motifs is 2. The molecule has 0 unspecified atom stereocenters. The van der Waals surface area contributed by atoms with E-state index in [2.05, 4.69) is 26.4 Å². The van der Waals surface area contributed by atoms with E-state index < -0.39 is 5.60 Å². The lowest BCUT2D eigenvalue weighted by Gasteiger charge is -2.43. The van der Waals surface area contributed by atoms with Crippen molar-refractivity contribution in [3.63, 3.8) is 0 Å². The van der Waals surface area contributed by atoms with E-state index in [1.807, 2.05) is 31.7 Å². The van der Waals surface area contributed by atoms with Crippen LogP contribution in [0.25, 0.3) is 10.9 Å². The van der Waals surface area contributed by atoms with Gasteiger partial charge in [-0.05, 0) is 58.2 Å². The van der Waals surface area contributed by atoms with E-state index in [0.29, 0.717) is 54.0 Å². The number of piperazine rings is 1. The molecule has 3 aromatic rings. The molecule has 3 amide bonds. The van der Waals surface area contributed by atoms with Crippen LogP contribution >= 0.6 is 0 Å². The summed E-state index contributed by atoms with van der Waals surface area (Å²) >= 11 is 0. The van der Waals surface area contributed by atoms with Crippen molar-refractivity contribution in [2.45, 2.75) is 51.2 Å². The fraction of sp³-hybridized carbons (Fsp3) is 0.464. The van der Waals surface area contributed by atoms with Crippen LogP contribution in [0.2, 0.25) is 0 Å². The second kappa shape index (κ2) is 8.86. The number of benzene rings is 1. The van der Waals surface area contributed by atoms with Crippen molar-refractivity contribution in [1.82, 2.24) is 19.7 Å². The maximum atomic E-state index is 13.4. The zero-order chi connectivity index (χ0) is 27.5. The largest absolute Gasteiger partial charge is 0.444 e. The maximum absolute atomic E-state index is 13.4. The maximum Gasteiger partial charge on any atom is 0.410 e. The van der Waals surface area contributed by atoms with E-state index in [-0.39, 0.29) is 17.7 Å². The second-order valence-corrected chi connectivity index (χ2v) is 11.6. The van der Waals surface area contributed by atoms with Crippen molar-refractivity contribution in [3.8, 4) is 6.07 Å². The third-order valence-corrected chi connectivity index (χ3v) is 7.68. The molecule has 0 bridgehead atoms. The predicted octanol–water partition coefficient (Wildman–Crippen LogP) is 4.02. The Morgan fingerprint density at radius 2 is 1.95 bits per heavy atom. The summed E-state index contributed by atoms with van der Waals surface area (Å²) in [5.74, 6) is 0.630. The second-order valence-electron chi connectivity index (χ2n) is 11.6. The molecule has 1 saturated carbocycles. The SMILES string of the molecule is Cn1cc2c(C#N)c(NC(=O)N3CCc4c(N5CCN(C(=O)OC(C)(C)C)C6(CC6)C5)ccnc43)ccc2n1. The summed E-state index contributed by atoms with van der Waals surface area (Å²) in [4.78, 5) is 36.7. The van der Waals surface area contributed by atoms with Crippen LogP contribution in [0.15, 0.2) is 30.6 Å². The summed E-state index contributed by atoms with van der Waals surface area (Å²) in [6, 6.07) is 7.40. The number of nitrogens with zero attached hydrogens (tertiary/aromatic N) is 7. The number of hydrogen-bond donors (Lipinski definition) is 1. The van der Waals surface area contributed by atoms with Crippen LogP contribution in [0.4, 0.5) is 26.8 Å². The van der Waals surface area contributed by atoms with E-state index in [1.165, 1.54) is 0 Å². The highest BCUT2D eigenvalue weighted by Crippen LogP contribution is 2.47. The topological polar surface area (TPSA) is 120 Å². The number of hydrogen-bond acceptors (Lipinski definition) is 7. The predicted molar refractivity (Wildman–Crippen MR) is 147 cm³/mol. The molecule has 2 aliphatic heterocycles. The highest BCUT2D eigenvalue weighted by Gasteiger charge is 2.54. The van der Waals surface area contributed by atoms with Crippen molar-refractivity contribution >= 4 is 40.2 Å². The van der Waals surface area contributed by atoms with Gasteiger partial charge in [-0.2, -0.15) is 10.4 Å². The van der Waals surface area contributed by atoms with Gasteiger partial charge in [-0.15, -0.1) is 0 Å². The number of carbonyl (C=O) groups is 2. The molecule has 1 aliphatic carbocycles. The molecule has 202 valence electrons. The van der Waals surface area contributed by atoms with Crippen molar-refractivity contribution in [2.75, 3.05) is 41.3 Å². The minimum atomic E-state index is -0.530. The summed E-state index contributed by atoms with van der Waals surface area (Å²) < 4.78 is 7.33. The first kappa shape index (κ1) is 25.0. The quantitative estimate of drug-likeness (QED) is 0.533. The third-order valence-electron chi connectivity index (χ3n) is 7.68. The van der Waals surface area contributed by atoms with Gasteiger partial charge in [0.2, 0.25) is 0 Å². The van der Waals surface area contributed by atoms with Gasteiger partial charge in [-0.25, -0.2) is 14.6 Å². The molecule has 6 rings (SSSR count). The Bertz CT molecular complexity index is 1530. The number of pyridine rings is 1. The standard InChI is InChI=1S/C28H32N8O3/c1-27(2,3)39-26(38)36-14-13-34(17-28(36)9-10-28)23-7-11-30-24-18(23)8-12-35(24)25(37)31-21-5-6-22-20(19(21)15-29)16-33(4)32-22/h5-7,11,16H,8-10,12-14,17H2,1-4H3,(H,31,37). The van der Waals surface area contributed by atoms with E-state index in [4.69, 9.17) is 4.74 Å². The summed E-state index contributed by atoms with van der Waals surface area (Å²) in [5, 5.41) is 17.8. The Morgan fingerprint density at radius 3 is 2.67 bits per heavy atom. The average Bonchev–Trinajstić information content (AvgIpc) is 3.31. The van der Waals surface area contributed by atoms with Crippen LogP contribution in [-0.4, -0.2) is 69.1 Å². The minimum absolute atomic E-state index is 0.203. The molecule has 3 aliphatic rings. The fourth-order valence-corrected chi connectivity index (χ4v) is 5.74. The van der Waals surface area contributed by atoms with Gasteiger partial charge in [-0.1, -0.05) is 0 Å². The van der Waals surface area contributed by atoms with Gasteiger partial charge < -0.3 is 15.0 Å². The van der Waals surface area contributed by atoms with Crippen molar-refractivity contribution in [1.29, 1.82) is 5.26 Å². The van der Waals surface area contributed by atoms with Crippen molar-refractivity contribution in [2.24, 2.45) is 7.05 Å². The molecule has 1 aromatic carbocycles. The van der Waals surface area contributed by atoms with Gasteiger partial charge in [0.25, 0.3) is 0 Å². The number of aryl methyl sites for hydroxylation is 1. The molecule has 2 aromatic heterocycles. The minimum Gasteiger partial charge on any atom is -0.444 e. The zero-order valence-electron chi connectivity index (χ0n) is 22.7. The van der Waals surface area contributed by atoms with Gasteiger partial charge in [0.1, 0.15) is 17.5 Å². The van der Waals surface area contributed by atoms with Crippen LogP contribution < -0.4 is 15.1 Å². The van der Waals surface area contributed by atoms with Crippen LogP contribution in [0.3, 0.4) is 0 Å². The molecule has 11 heteroatoms. The third kappa shape index (κ3) is 4.39. The van der Waals surface area contributed by atoms with Gasteiger partial charge in [0, 0.05) is 62.3 Å². The molecule has 0 atom stereocenters. The Morgan fingerprint density at radius 1 is 1.15 bits per heavy atom. The number of anilines is 3. The lowest BCUT2D eigenvalue weighted by molar-refractivity contribution is 0.0106. The smallest absolute Gasteiger partial charge is 0.410 e. The Balaban J connectivity index is 1.21. The van der Waals surface area contributed by atoms with Gasteiger partial charge in [-0.3, -0.25) is 14.5 Å². The van der Waals surface area contributed by atoms with Crippen molar-refractivity contribution in [3.05, 3.63) is 41.7 Å². The molecule has 0 radical (unpaired) electrons. The first-order chi connectivity index (χ1) is 18.6. The number of aromatic nitrogens is 3. The summed E-state index contributed by atoms with van der Waals surface area (Å²) in [5.41, 5.74) is 2.87. The monoisotopic (exact) mass is 528 g/mol. The molecule has 2 fully saturated rings. The molecule has 1 spiro atoms. The van der Waals surface area contributed by atoms with Crippen LogP contribution in [0.1, 0.15) is 44.7 Å². The number of ether oxygens (including phenoxy) is 1. The Hall–Kier alpha value is -4.33. The molecule has 11 nitrogen and oxygen atoms in total. The first-order valence-electron chi connectivity index (χ1n) is 13.3. The molecule has 4 heterocycles. The highest BCUT2D eigenvalue weighted by atomic mass is 16.6. The average molecular weight is 529 g/mol.